The van der Waals surface area contributed by atoms with Gasteiger partial charge in [-0.05, 0) is 24.5 Å². The summed E-state index contributed by atoms with van der Waals surface area (Å²) in [5.74, 6) is 0.427. The Labute approximate surface area is 180 Å². The Kier molecular flexibility index (Phi) is 6.26. The molecule has 10 heteroatoms. The number of carbonyl (C=O) groups excluding carboxylic acids is 1. The molecule has 2 atom stereocenters. The SMILES string of the molecule is COCCCNC(=O)[C@@H]1Cc2cc([N+](=O)[O-])ccc2N2CCN(c3cnccn3)C[C@@H]12. The summed E-state index contributed by atoms with van der Waals surface area (Å²) in [6.45, 7) is 3.17. The van der Waals surface area contributed by atoms with E-state index in [1.165, 1.54) is 6.07 Å². The number of nitrogens with zero attached hydrogens (tertiary/aromatic N) is 5. The molecule has 0 radical (unpaired) electrons. The largest absolute Gasteiger partial charge is 0.385 e. The monoisotopic (exact) mass is 426 g/mol. The van der Waals surface area contributed by atoms with Crippen LogP contribution in [0, 0.1) is 16.0 Å². The molecule has 2 aromatic rings. The lowest BCUT2D eigenvalue weighted by molar-refractivity contribution is -0.384. The lowest BCUT2D eigenvalue weighted by Crippen LogP contribution is -2.61. The summed E-state index contributed by atoms with van der Waals surface area (Å²) in [5, 5.41) is 14.3. The van der Waals surface area contributed by atoms with E-state index in [4.69, 9.17) is 4.74 Å². The van der Waals surface area contributed by atoms with Gasteiger partial charge in [0, 0.05) is 70.1 Å². The van der Waals surface area contributed by atoms with Crippen molar-refractivity contribution in [1.82, 2.24) is 15.3 Å². The number of rotatable bonds is 7. The molecule has 10 nitrogen and oxygen atoms in total. The Morgan fingerprint density at radius 3 is 2.97 bits per heavy atom. The lowest BCUT2D eigenvalue weighted by atomic mass is 9.83. The number of ether oxygens (including phenoxy) is 1. The van der Waals surface area contributed by atoms with Crippen molar-refractivity contribution in [2.75, 3.05) is 49.7 Å². The minimum atomic E-state index is -0.391. The van der Waals surface area contributed by atoms with Gasteiger partial charge >= 0.3 is 0 Å². The number of nitro groups is 1. The number of amides is 1. The Morgan fingerprint density at radius 1 is 1.35 bits per heavy atom. The highest BCUT2D eigenvalue weighted by atomic mass is 16.6. The first-order valence-corrected chi connectivity index (χ1v) is 10.4. The molecule has 31 heavy (non-hydrogen) atoms. The number of hydrogen-bond acceptors (Lipinski definition) is 8. The zero-order valence-electron chi connectivity index (χ0n) is 17.4. The van der Waals surface area contributed by atoms with Gasteiger partial charge in [0.1, 0.15) is 5.82 Å². The molecule has 0 unspecified atom stereocenters. The Balaban J connectivity index is 1.60. The first kappa shape index (κ1) is 21.0. The molecule has 1 aromatic heterocycles. The standard InChI is InChI=1S/C21H26N6O4/c1-31-10-2-5-24-21(28)17-12-15-11-16(27(29)30)3-4-18(15)26-9-8-25(14-19(17)26)20-13-22-6-7-23-20/h3-4,6-7,11,13,17,19H,2,5,8-10,12,14H2,1H3,(H,24,28)/t17-,19+/m1/s1. The van der Waals surface area contributed by atoms with Crippen LogP contribution in [0.4, 0.5) is 17.2 Å². The molecule has 2 aliphatic heterocycles. The van der Waals surface area contributed by atoms with Gasteiger partial charge in [0.25, 0.3) is 5.69 Å². The normalized spacial score (nSPS) is 20.0. The van der Waals surface area contributed by atoms with Crippen LogP contribution < -0.4 is 15.1 Å². The highest BCUT2D eigenvalue weighted by Gasteiger charge is 2.42. The van der Waals surface area contributed by atoms with Crippen molar-refractivity contribution in [1.29, 1.82) is 0 Å². The van der Waals surface area contributed by atoms with Crippen LogP contribution in [-0.4, -0.2) is 66.7 Å². The van der Waals surface area contributed by atoms with E-state index >= 15 is 0 Å². The van der Waals surface area contributed by atoms with Crippen LogP contribution in [-0.2, 0) is 16.0 Å². The van der Waals surface area contributed by atoms with Gasteiger partial charge in [0.05, 0.1) is 23.1 Å². The first-order valence-electron chi connectivity index (χ1n) is 10.4. The fourth-order valence-corrected chi connectivity index (χ4v) is 4.44. The van der Waals surface area contributed by atoms with Gasteiger partial charge in [0.15, 0.2) is 0 Å². The summed E-state index contributed by atoms with van der Waals surface area (Å²) >= 11 is 0. The molecule has 0 bridgehead atoms. The fraction of sp³-hybridized carbons (Fsp3) is 0.476. The summed E-state index contributed by atoms with van der Waals surface area (Å²) in [6, 6.07) is 4.89. The van der Waals surface area contributed by atoms with Crippen LogP contribution in [0.1, 0.15) is 12.0 Å². The van der Waals surface area contributed by atoms with Gasteiger partial charge in [-0.25, -0.2) is 4.98 Å². The maximum absolute atomic E-state index is 13.1. The number of piperazine rings is 1. The van der Waals surface area contributed by atoms with Crippen LogP contribution in [0.2, 0.25) is 0 Å². The van der Waals surface area contributed by atoms with Crippen molar-refractivity contribution < 1.29 is 14.5 Å². The number of nitrogens with one attached hydrogen (secondary N) is 1. The second kappa shape index (κ2) is 9.25. The van der Waals surface area contributed by atoms with E-state index in [0.29, 0.717) is 32.7 Å². The average Bonchev–Trinajstić information content (AvgIpc) is 2.81. The van der Waals surface area contributed by atoms with Crippen LogP contribution in [0.25, 0.3) is 0 Å². The smallest absolute Gasteiger partial charge is 0.269 e. The van der Waals surface area contributed by atoms with E-state index in [9.17, 15) is 14.9 Å². The molecule has 1 fully saturated rings. The van der Waals surface area contributed by atoms with Crippen LogP contribution in [0.15, 0.2) is 36.8 Å². The topological polar surface area (TPSA) is 114 Å². The van der Waals surface area contributed by atoms with E-state index in [-0.39, 0.29) is 23.6 Å². The van der Waals surface area contributed by atoms with Crippen molar-refractivity contribution in [3.8, 4) is 0 Å². The summed E-state index contributed by atoms with van der Waals surface area (Å²) in [7, 11) is 1.63. The second-order valence-corrected chi connectivity index (χ2v) is 7.79. The average molecular weight is 426 g/mol. The Hall–Kier alpha value is -3.27. The quantitative estimate of drug-likeness (QED) is 0.402. The second-order valence-electron chi connectivity index (χ2n) is 7.79. The highest BCUT2D eigenvalue weighted by Crippen LogP contribution is 2.38. The summed E-state index contributed by atoms with van der Waals surface area (Å²) in [6.07, 6.45) is 6.23. The third kappa shape index (κ3) is 4.43. The van der Waals surface area contributed by atoms with E-state index in [1.807, 2.05) is 6.07 Å². The number of methoxy groups -OCH3 is 1. The van der Waals surface area contributed by atoms with Crippen LogP contribution in [0.5, 0.6) is 0 Å². The lowest BCUT2D eigenvalue weighted by Gasteiger charge is -2.49. The van der Waals surface area contributed by atoms with Crippen molar-refractivity contribution in [3.63, 3.8) is 0 Å². The van der Waals surface area contributed by atoms with Gasteiger partial charge < -0.3 is 19.9 Å². The van der Waals surface area contributed by atoms with Gasteiger partial charge in [-0.2, -0.15) is 0 Å². The minimum Gasteiger partial charge on any atom is -0.385 e. The zero-order chi connectivity index (χ0) is 21.8. The molecule has 1 aromatic carbocycles. The molecule has 164 valence electrons. The maximum Gasteiger partial charge on any atom is 0.269 e. The van der Waals surface area contributed by atoms with Crippen LogP contribution in [0.3, 0.4) is 0 Å². The third-order valence-electron chi connectivity index (χ3n) is 5.94. The van der Waals surface area contributed by atoms with E-state index in [2.05, 4.69) is 25.1 Å². The van der Waals surface area contributed by atoms with E-state index in [1.54, 1.807) is 31.8 Å². The molecule has 4 rings (SSSR count). The van der Waals surface area contributed by atoms with Gasteiger partial charge in [-0.3, -0.25) is 19.9 Å². The van der Waals surface area contributed by atoms with Crippen LogP contribution >= 0.6 is 0 Å². The number of fused-ring (bicyclic) bond motifs is 3. The van der Waals surface area contributed by atoms with E-state index in [0.717, 1.165) is 30.0 Å². The van der Waals surface area contributed by atoms with Crippen molar-refractivity contribution >= 4 is 23.1 Å². The fourth-order valence-electron chi connectivity index (χ4n) is 4.44. The molecular weight excluding hydrogens is 400 g/mol. The molecule has 1 saturated heterocycles. The number of anilines is 2. The van der Waals surface area contributed by atoms with E-state index < -0.39 is 4.92 Å². The van der Waals surface area contributed by atoms with Gasteiger partial charge in [0.2, 0.25) is 5.91 Å². The zero-order valence-corrected chi connectivity index (χ0v) is 17.4. The van der Waals surface area contributed by atoms with Gasteiger partial charge in [-0.1, -0.05) is 0 Å². The van der Waals surface area contributed by atoms with Crippen molar-refractivity contribution in [2.45, 2.75) is 18.9 Å². The molecular formula is C21H26N6O4. The number of non-ortho nitro benzene ring substituents is 1. The molecule has 2 aliphatic rings. The summed E-state index contributed by atoms with van der Waals surface area (Å²) in [4.78, 5) is 36.9. The minimum absolute atomic E-state index is 0.0377. The molecule has 0 aliphatic carbocycles. The number of aromatic nitrogens is 2. The number of carbonyl (C=O) groups is 1. The van der Waals surface area contributed by atoms with Crippen molar-refractivity contribution in [2.24, 2.45) is 5.92 Å². The molecule has 3 heterocycles. The third-order valence-corrected chi connectivity index (χ3v) is 5.94. The molecule has 1 amide bonds. The summed E-state index contributed by atoms with van der Waals surface area (Å²) in [5.41, 5.74) is 1.86. The highest BCUT2D eigenvalue weighted by molar-refractivity contribution is 5.82. The maximum atomic E-state index is 13.1. The molecule has 1 N–H and O–H groups in total. The number of benzene rings is 1. The molecule has 0 saturated carbocycles. The Morgan fingerprint density at radius 2 is 2.23 bits per heavy atom. The first-order chi connectivity index (χ1) is 15.1. The van der Waals surface area contributed by atoms with Crippen molar-refractivity contribution in [3.05, 3.63) is 52.5 Å². The predicted molar refractivity (Wildman–Crippen MR) is 115 cm³/mol. The molecule has 0 spiro atoms. The number of nitro benzene ring substituents is 1. The van der Waals surface area contributed by atoms with Gasteiger partial charge in [-0.15, -0.1) is 0 Å². The Bertz CT molecular complexity index is 941. The number of hydrogen-bond donors (Lipinski definition) is 1. The summed E-state index contributed by atoms with van der Waals surface area (Å²) < 4.78 is 5.06. The predicted octanol–water partition coefficient (Wildman–Crippen LogP) is 1.40.